The third-order valence-electron chi connectivity index (χ3n) is 3.48. The SMILES string of the molecule is Cc1ccc(NC(=O)c2ccnc(NCCCN(C)C)c2)c(Br)c1. The van der Waals surface area contributed by atoms with Gasteiger partial charge in [0.25, 0.3) is 5.91 Å². The number of benzene rings is 1. The number of carbonyl (C=O) groups is 1. The van der Waals surface area contributed by atoms with E-state index in [1.165, 1.54) is 0 Å². The summed E-state index contributed by atoms with van der Waals surface area (Å²) in [5.41, 5.74) is 2.46. The maximum Gasteiger partial charge on any atom is 0.255 e. The lowest BCUT2D eigenvalue weighted by atomic mass is 10.2. The summed E-state index contributed by atoms with van der Waals surface area (Å²) in [7, 11) is 4.10. The van der Waals surface area contributed by atoms with E-state index in [1.807, 2.05) is 39.2 Å². The Morgan fingerprint density at radius 1 is 1.25 bits per heavy atom. The van der Waals surface area contributed by atoms with E-state index in [0.29, 0.717) is 11.4 Å². The largest absolute Gasteiger partial charge is 0.370 e. The van der Waals surface area contributed by atoms with E-state index in [0.717, 1.165) is 35.2 Å². The normalized spacial score (nSPS) is 10.7. The first-order chi connectivity index (χ1) is 11.5. The summed E-state index contributed by atoms with van der Waals surface area (Å²) in [5.74, 6) is 0.558. The van der Waals surface area contributed by atoms with Crippen LogP contribution in [-0.4, -0.2) is 43.0 Å². The van der Waals surface area contributed by atoms with Gasteiger partial charge in [0.15, 0.2) is 0 Å². The lowest BCUT2D eigenvalue weighted by Gasteiger charge is -2.11. The van der Waals surface area contributed by atoms with Gasteiger partial charge in [-0.1, -0.05) is 6.07 Å². The maximum absolute atomic E-state index is 12.4. The standard InChI is InChI=1S/C18H23BrN4O/c1-13-5-6-16(15(19)11-13)22-18(24)14-7-9-21-17(12-14)20-8-4-10-23(2)3/h5-7,9,11-12H,4,8,10H2,1-3H3,(H,20,21)(H,22,24). The second-order valence-corrected chi connectivity index (χ2v) is 6.81. The molecule has 0 saturated heterocycles. The molecule has 2 rings (SSSR count). The lowest BCUT2D eigenvalue weighted by Crippen LogP contribution is -2.17. The van der Waals surface area contributed by atoms with Crippen molar-refractivity contribution in [3.8, 4) is 0 Å². The zero-order valence-corrected chi connectivity index (χ0v) is 15.9. The van der Waals surface area contributed by atoms with Crippen LogP contribution in [0.25, 0.3) is 0 Å². The molecule has 1 amide bonds. The van der Waals surface area contributed by atoms with E-state index in [-0.39, 0.29) is 5.91 Å². The van der Waals surface area contributed by atoms with Crippen LogP contribution >= 0.6 is 15.9 Å². The Morgan fingerprint density at radius 3 is 2.75 bits per heavy atom. The van der Waals surface area contributed by atoms with Crippen LogP contribution in [0, 0.1) is 6.92 Å². The summed E-state index contributed by atoms with van der Waals surface area (Å²) < 4.78 is 0.868. The lowest BCUT2D eigenvalue weighted by molar-refractivity contribution is 0.102. The molecule has 2 N–H and O–H groups in total. The van der Waals surface area contributed by atoms with E-state index in [1.54, 1.807) is 18.3 Å². The number of hydrogen-bond donors (Lipinski definition) is 2. The van der Waals surface area contributed by atoms with Gasteiger partial charge in [-0.15, -0.1) is 0 Å². The highest BCUT2D eigenvalue weighted by Crippen LogP contribution is 2.24. The van der Waals surface area contributed by atoms with Crippen molar-refractivity contribution in [3.63, 3.8) is 0 Å². The van der Waals surface area contributed by atoms with Crippen molar-refractivity contribution in [2.75, 3.05) is 37.8 Å². The minimum absolute atomic E-state index is 0.154. The van der Waals surface area contributed by atoms with Crippen LogP contribution in [0.15, 0.2) is 41.0 Å². The molecule has 6 heteroatoms. The van der Waals surface area contributed by atoms with Crippen molar-refractivity contribution >= 4 is 33.3 Å². The third kappa shape index (κ3) is 5.62. The van der Waals surface area contributed by atoms with Crippen LogP contribution in [0.1, 0.15) is 22.3 Å². The first kappa shape index (κ1) is 18.4. The number of anilines is 2. The van der Waals surface area contributed by atoms with Gasteiger partial charge in [0.05, 0.1) is 5.69 Å². The molecule has 0 aliphatic heterocycles. The third-order valence-corrected chi connectivity index (χ3v) is 4.14. The summed E-state index contributed by atoms with van der Waals surface area (Å²) in [6.45, 7) is 3.84. The first-order valence-corrected chi connectivity index (χ1v) is 8.67. The average molecular weight is 391 g/mol. The second-order valence-electron chi connectivity index (χ2n) is 5.95. The average Bonchev–Trinajstić information content (AvgIpc) is 2.54. The Morgan fingerprint density at radius 2 is 2.04 bits per heavy atom. The predicted octanol–water partition coefficient (Wildman–Crippen LogP) is 3.77. The quantitative estimate of drug-likeness (QED) is 0.706. The maximum atomic E-state index is 12.4. The van der Waals surface area contributed by atoms with Gasteiger partial charge >= 0.3 is 0 Å². The van der Waals surface area contributed by atoms with E-state index in [2.05, 4.69) is 36.4 Å². The fourth-order valence-electron chi connectivity index (χ4n) is 2.20. The van der Waals surface area contributed by atoms with E-state index >= 15 is 0 Å². The fraction of sp³-hybridized carbons (Fsp3) is 0.333. The van der Waals surface area contributed by atoms with Gasteiger partial charge in [0.1, 0.15) is 5.82 Å². The first-order valence-electron chi connectivity index (χ1n) is 7.88. The van der Waals surface area contributed by atoms with Crippen molar-refractivity contribution in [1.82, 2.24) is 9.88 Å². The summed E-state index contributed by atoms with van der Waals surface area (Å²) in [6, 6.07) is 9.30. The number of rotatable bonds is 7. The Labute approximate surface area is 151 Å². The zero-order valence-electron chi connectivity index (χ0n) is 14.3. The van der Waals surface area contributed by atoms with Crippen molar-refractivity contribution < 1.29 is 4.79 Å². The van der Waals surface area contributed by atoms with Crippen molar-refractivity contribution in [1.29, 1.82) is 0 Å². The van der Waals surface area contributed by atoms with Crippen LogP contribution in [0.3, 0.4) is 0 Å². The molecule has 0 bridgehead atoms. The van der Waals surface area contributed by atoms with Gasteiger partial charge < -0.3 is 15.5 Å². The molecule has 0 atom stereocenters. The molecule has 0 radical (unpaired) electrons. The molecule has 1 aromatic heterocycles. The van der Waals surface area contributed by atoms with E-state index in [9.17, 15) is 4.79 Å². The molecule has 24 heavy (non-hydrogen) atoms. The summed E-state index contributed by atoms with van der Waals surface area (Å²) in [4.78, 5) is 18.8. The van der Waals surface area contributed by atoms with Gasteiger partial charge in [-0.3, -0.25) is 4.79 Å². The molecule has 0 fully saturated rings. The highest BCUT2D eigenvalue weighted by Gasteiger charge is 2.09. The molecule has 128 valence electrons. The van der Waals surface area contributed by atoms with Crippen LogP contribution in [0.5, 0.6) is 0 Å². The molecule has 0 aliphatic rings. The van der Waals surface area contributed by atoms with Crippen molar-refractivity contribution in [2.45, 2.75) is 13.3 Å². The second kappa shape index (κ2) is 8.80. The van der Waals surface area contributed by atoms with Gasteiger partial charge in [0, 0.05) is 22.8 Å². The Kier molecular flexibility index (Phi) is 6.75. The molecule has 2 aromatic rings. The highest BCUT2D eigenvalue weighted by atomic mass is 79.9. The van der Waals surface area contributed by atoms with Crippen LogP contribution in [-0.2, 0) is 0 Å². The van der Waals surface area contributed by atoms with Crippen molar-refractivity contribution in [2.24, 2.45) is 0 Å². The highest BCUT2D eigenvalue weighted by molar-refractivity contribution is 9.10. The Balaban J connectivity index is 1.98. The number of aryl methyl sites for hydroxylation is 1. The number of pyridine rings is 1. The molecule has 5 nitrogen and oxygen atoms in total. The molecule has 0 aliphatic carbocycles. The van der Waals surface area contributed by atoms with Crippen LogP contribution < -0.4 is 10.6 Å². The minimum Gasteiger partial charge on any atom is -0.370 e. The van der Waals surface area contributed by atoms with Crippen LogP contribution in [0.4, 0.5) is 11.5 Å². The number of carbonyl (C=O) groups excluding carboxylic acids is 1. The zero-order chi connectivity index (χ0) is 17.5. The number of aromatic nitrogens is 1. The predicted molar refractivity (Wildman–Crippen MR) is 103 cm³/mol. The van der Waals surface area contributed by atoms with Crippen molar-refractivity contribution in [3.05, 3.63) is 52.1 Å². The van der Waals surface area contributed by atoms with Crippen LogP contribution in [0.2, 0.25) is 0 Å². The van der Waals surface area contributed by atoms with Gasteiger partial charge in [0.2, 0.25) is 0 Å². The molecule has 1 heterocycles. The number of halogens is 1. The molecule has 1 aromatic carbocycles. The number of hydrogen-bond acceptors (Lipinski definition) is 4. The topological polar surface area (TPSA) is 57.3 Å². The molecule has 0 saturated carbocycles. The Hall–Kier alpha value is -1.92. The molecular formula is C18H23BrN4O. The van der Waals surface area contributed by atoms with Gasteiger partial charge in [-0.25, -0.2) is 4.98 Å². The van der Waals surface area contributed by atoms with E-state index < -0.39 is 0 Å². The summed E-state index contributed by atoms with van der Waals surface area (Å²) in [5, 5.41) is 6.17. The molecule has 0 unspecified atom stereocenters. The number of nitrogens with one attached hydrogen (secondary N) is 2. The van der Waals surface area contributed by atoms with Gasteiger partial charge in [-0.05, 0) is 79.7 Å². The summed E-state index contributed by atoms with van der Waals surface area (Å²) >= 11 is 3.47. The Bertz CT molecular complexity index is 703. The summed E-state index contributed by atoms with van der Waals surface area (Å²) in [6.07, 6.45) is 2.66. The van der Waals surface area contributed by atoms with Gasteiger partial charge in [-0.2, -0.15) is 0 Å². The van der Waals surface area contributed by atoms with E-state index in [4.69, 9.17) is 0 Å². The monoisotopic (exact) mass is 390 g/mol. The fourth-order valence-corrected chi connectivity index (χ4v) is 2.79. The number of amides is 1. The smallest absolute Gasteiger partial charge is 0.255 e. The minimum atomic E-state index is -0.154. The number of nitrogens with zero attached hydrogens (tertiary/aromatic N) is 2. The molecule has 0 spiro atoms. The molecular weight excluding hydrogens is 368 g/mol.